The molecule has 0 unspecified atom stereocenters. The number of nitrogens with zero attached hydrogens (tertiary/aromatic N) is 3. The number of nitrogens with one attached hydrogen (secondary N) is 2. The third kappa shape index (κ3) is 5.47. The van der Waals surface area contributed by atoms with E-state index in [2.05, 4.69) is 25.6 Å². The topological polar surface area (TPSA) is 89.0 Å². The molecule has 0 bridgehead atoms. The maximum atomic E-state index is 12.9. The average Bonchev–Trinajstić information content (AvgIpc) is 2.81. The second kappa shape index (κ2) is 9.57. The van der Waals surface area contributed by atoms with Crippen LogP contribution in [-0.4, -0.2) is 21.0 Å². The number of hydrogen-bond acceptors (Lipinski definition) is 5. The number of anilines is 2. The number of rotatable bonds is 5. The fourth-order valence-corrected chi connectivity index (χ4v) is 3.13. The van der Waals surface area contributed by atoms with E-state index in [0.717, 1.165) is 12.1 Å². The smallest absolute Gasteiger partial charge is 0.416 e. The Hall–Kier alpha value is -4.47. The van der Waals surface area contributed by atoms with Gasteiger partial charge in [-0.1, -0.05) is 6.07 Å². The second-order valence-electron chi connectivity index (χ2n) is 7.19. The molecule has 4 rings (SSSR count). The molecule has 10 heteroatoms. The first-order chi connectivity index (χ1) is 16.3. The van der Waals surface area contributed by atoms with E-state index in [1.54, 1.807) is 49.6 Å². The number of carbonyl (C=O) groups excluding carboxylic acids is 1. The Kier molecular flexibility index (Phi) is 6.39. The Balaban J connectivity index is 1.46. The lowest BCUT2D eigenvalue weighted by atomic mass is 10.2. The van der Waals surface area contributed by atoms with Crippen molar-refractivity contribution < 1.29 is 22.7 Å². The molecule has 7 nitrogen and oxygen atoms in total. The van der Waals surface area contributed by atoms with Crippen LogP contribution in [0.15, 0.2) is 79.4 Å². The molecule has 2 heterocycles. The first kappa shape index (κ1) is 22.7. The highest BCUT2D eigenvalue weighted by Crippen LogP contribution is 2.33. The predicted molar refractivity (Wildman–Crippen MR) is 121 cm³/mol. The molecule has 2 amide bonds. The quantitative estimate of drug-likeness (QED) is 0.361. The van der Waals surface area contributed by atoms with Crippen molar-refractivity contribution >= 4 is 17.4 Å². The van der Waals surface area contributed by atoms with Crippen LogP contribution >= 0.6 is 0 Å². The lowest BCUT2D eigenvalue weighted by Crippen LogP contribution is -2.19. The number of aryl methyl sites for hydroxylation is 1. The molecule has 0 spiro atoms. The summed E-state index contributed by atoms with van der Waals surface area (Å²) in [6, 6.07) is 14.0. The van der Waals surface area contributed by atoms with E-state index in [1.807, 2.05) is 6.07 Å². The van der Waals surface area contributed by atoms with Gasteiger partial charge in [-0.2, -0.15) is 13.2 Å². The number of pyridine rings is 1. The Bertz CT molecular complexity index is 1310. The van der Waals surface area contributed by atoms with Crippen LogP contribution in [0.4, 0.5) is 29.3 Å². The van der Waals surface area contributed by atoms with E-state index in [1.165, 1.54) is 18.5 Å². The molecule has 2 aromatic heterocycles. The first-order valence-corrected chi connectivity index (χ1v) is 10.0. The highest BCUT2D eigenvalue weighted by atomic mass is 19.4. The molecule has 2 N–H and O–H groups in total. The monoisotopic (exact) mass is 465 g/mol. The number of alkyl halides is 3. The van der Waals surface area contributed by atoms with Crippen molar-refractivity contribution in [2.75, 3.05) is 10.6 Å². The van der Waals surface area contributed by atoms with Crippen molar-refractivity contribution in [3.8, 4) is 22.9 Å². The minimum atomic E-state index is -4.50. The van der Waals surface area contributed by atoms with Crippen molar-refractivity contribution in [2.45, 2.75) is 13.1 Å². The molecule has 0 fully saturated rings. The fourth-order valence-electron chi connectivity index (χ4n) is 3.13. The van der Waals surface area contributed by atoms with E-state index in [-0.39, 0.29) is 5.69 Å². The van der Waals surface area contributed by atoms with Crippen LogP contribution in [0.25, 0.3) is 11.3 Å². The summed E-state index contributed by atoms with van der Waals surface area (Å²) in [6.45, 7) is 1.79. The van der Waals surface area contributed by atoms with Crippen molar-refractivity contribution in [1.29, 1.82) is 0 Å². The van der Waals surface area contributed by atoms with Gasteiger partial charge >= 0.3 is 12.2 Å². The van der Waals surface area contributed by atoms with Crippen LogP contribution < -0.4 is 15.4 Å². The molecule has 172 valence electrons. The second-order valence-corrected chi connectivity index (χ2v) is 7.19. The molecular formula is C24H18F3N5O2. The molecule has 2 aromatic carbocycles. The van der Waals surface area contributed by atoms with Gasteiger partial charge in [0.05, 0.1) is 16.8 Å². The van der Waals surface area contributed by atoms with Crippen LogP contribution in [0, 0.1) is 6.92 Å². The van der Waals surface area contributed by atoms with Crippen LogP contribution in [0.5, 0.6) is 11.6 Å². The highest BCUT2D eigenvalue weighted by molar-refractivity contribution is 5.99. The van der Waals surface area contributed by atoms with Crippen molar-refractivity contribution in [3.63, 3.8) is 0 Å². The van der Waals surface area contributed by atoms with Gasteiger partial charge in [0, 0.05) is 23.8 Å². The van der Waals surface area contributed by atoms with E-state index >= 15 is 0 Å². The van der Waals surface area contributed by atoms with Crippen molar-refractivity contribution in [2.24, 2.45) is 0 Å². The summed E-state index contributed by atoms with van der Waals surface area (Å²) in [6.07, 6.45) is 0.156. The maximum absolute atomic E-state index is 12.9. The molecule has 4 aromatic rings. The average molecular weight is 465 g/mol. The maximum Gasteiger partial charge on any atom is 0.416 e. The van der Waals surface area contributed by atoms with Crippen molar-refractivity contribution in [1.82, 2.24) is 15.0 Å². The summed E-state index contributed by atoms with van der Waals surface area (Å²) >= 11 is 0. The summed E-state index contributed by atoms with van der Waals surface area (Å²) in [5.74, 6) is 0.866. The number of carbonyl (C=O) groups is 1. The zero-order chi connectivity index (χ0) is 24.1. The Morgan fingerprint density at radius 1 is 0.912 bits per heavy atom. The van der Waals surface area contributed by atoms with Gasteiger partial charge in [-0.25, -0.2) is 19.7 Å². The van der Waals surface area contributed by atoms with Crippen LogP contribution in [0.2, 0.25) is 0 Å². The molecule has 0 atom stereocenters. The van der Waals surface area contributed by atoms with Crippen LogP contribution in [0.3, 0.4) is 0 Å². The third-order valence-electron chi connectivity index (χ3n) is 4.72. The van der Waals surface area contributed by atoms with Crippen LogP contribution in [-0.2, 0) is 6.18 Å². The summed E-state index contributed by atoms with van der Waals surface area (Å²) < 4.78 is 44.6. The SMILES string of the molecule is Cc1cc(NC(=O)Nc2cccc(C(F)(F)F)c2)ccc1Oc1ncccc1-c1ccncn1. The minimum absolute atomic E-state index is 0.0244. The largest absolute Gasteiger partial charge is 0.438 e. The third-order valence-corrected chi connectivity index (χ3v) is 4.72. The normalized spacial score (nSPS) is 11.1. The zero-order valence-corrected chi connectivity index (χ0v) is 17.8. The Morgan fingerprint density at radius 2 is 1.71 bits per heavy atom. The van der Waals surface area contributed by atoms with Gasteiger partial charge in [0.1, 0.15) is 12.1 Å². The molecule has 0 saturated heterocycles. The Labute approximate surface area is 192 Å². The lowest BCUT2D eigenvalue weighted by Gasteiger charge is -2.13. The van der Waals surface area contributed by atoms with E-state index in [0.29, 0.717) is 34.1 Å². The number of ether oxygens (including phenoxy) is 1. The summed E-state index contributed by atoms with van der Waals surface area (Å²) in [5.41, 5.74) is 1.66. The molecule has 0 aliphatic heterocycles. The minimum Gasteiger partial charge on any atom is -0.438 e. The Morgan fingerprint density at radius 3 is 2.41 bits per heavy atom. The lowest BCUT2D eigenvalue weighted by molar-refractivity contribution is -0.137. The van der Waals surface area contributed by atoms with Gasteiger partial charge in [0.15, 0.2) is 0 Å². The first-order valence-electron chi connectivity index (χ1n) is 10.0. The van der Waals surface area contributed by atoms with Gasteiger partial charge in [0.2, 0.25) is 5.88 Å². The van der Waals surface area contributed by atoms with Gasteiger partial charge in [-0.3, -0.25) is 0 Å². The summed E-state index contributed by atoms with van der Waals surface area (Å²) in [4.78, 5) is 24.7. The molecule has 0 radical (unpaired) electrons. The number of halogens is 3. The predicted octanol–water partition coefficient (Wildman–Crippen LogP) is 6.30. The molecule has 0 aliphatic rings. The molecule has 0 saturated carbocycles. The standard InChI is InChI=1S/C24H18F3N5O2/c1-15-12-18(32-23(33)31-17-5-2-4-16(13-17)24(25,26)27)7-8-21(15)34-22-19(6-3-10-29-22)20-9-11-28-14-30-20/h2-14H,1H3,(H2,31,32,33). The number of amides is 2. The van der Waals surface area contributed by atoms with E-state index in [4.69, 9.17) is 4.74 Å². The number of benzene rings is 2. The van der Waals surface area contributed by atoms with Gasteiger partial charge < -0.3 is 15.4 Å². The molecule has 34 heavy (non-hydrogen) atoms. The number of urea groups is 1. The molecule has 0 aliphatic carbocycles. The van der Waals surface area contributed by atoms with Gasteiger partial charge in [0.25, 0.3) is 0 Å². The zero-order valence-electron chi connectivity index (χ0n) is 17.8. The van der Waals surface area contributed by atoms with Gasteiger partial charge in [-0.05, 0) is 67.1 Å². The summed E-state index contributed by atoms with van der Waals surface area (Å²) in [7, 11) is 0. The fraction of sp³-hybridized carbons (Fsp3) is 0.0833. The number of aromatic nitrogens is 3. The number of hydrogen-bond donors (Lipinski definition) is 2. The van der Waals surface area contributed by atoms with Crippen LogP contribution in [0.1, 0.15) is 11.1 Å². The summed E-state index contributed by atoms with van der Waals surface area (Å²) in [5, 5.41) is 5.00. The van der Waals surface area contributed by atoms with Gasteiger partial charge in [-0.15, -0.1) is 0 Å². The molecular weight excluding hydrogens is 447 g/mol. The van der Waals surface area contributed by atoms with Crippen molar-refractivity contribution in [3.05, 3.63) is 90.5 Å². The highest BCUT2D eigenvalue weighted by Gasteiger charge is 2.30. The van der Waals surface area contributed by atoms with E-state index in [9.17, 15) is 18.0 Å². The van der Waals surface area contributed by atoms with E-state index < -0.39 is 17.8 Å².